The van der Waals surface area contributed by atoms with Gasteiger partial charge in [0.15, 0.2) is 0 Å². The lowest BCUT2D eigenvalue weighted by Gasteiger charge is -2.30. The molecule has 0 radical (unpaired) electrons. The normalized spacial score (nSPS) is 16.2. The van der Waals surface area contributed by atoms with Gasteiger partial charge in [0, 0.05) is 19.6 Å². The predicted molar refractivity (Wildman–Crippen MR) is 92.8 cm³/mol. The van der Waals surface area contributed by atoms with Crippen LogP contribution in [0.1, 0.15) is 49.4 Å². The van der Waals surface area contributed by atoms with Crippen LogP contribution in [-0.4, -0.2) is 45.4 Å². The molecule has 0 heterocycles. The van der Waals surface area contributed by atoms with E-state index in [0.717, 1.165) is 32.1 Å². The second kappa shape index (κ2) is 7.98. The van der Waals surface area contributed by atoms with Gasteiger partial charge in [-0.3, -0.25) is 4.79 Å². The van der Waals surface area contributed by atoms with Gasteiger partial charge in [0.05, 0.1) is 17.6 Å². The molecule has 1 aliphatic rings. The predicted octanol–water partition coefficient (Wildman–Crippen LogP) is 2.40. The van der Waals surface area contributed by atoms with Gasteiger partial charge in [-0.2, -0.15) is 4.31 Å². The lowest BCUT2D eigenvalue weighted by molar-refractivity contribution is 0.0952. The molecule has 0 atom stereocenters. The Balaban J connectivity index is 2.35. The zero-order valence-electron chi connectivity index (χ0n) is 14.5. The number of sulfonamides is 1. The summed E-state index contributed by atoms with van der Waals surface area (Å²) in [5, 5.41) is 2.68. The van der Waals surface area contributed by atoms with Crippen molar-refractivity contribution in [3.8, 4) is 5.75 Å². The maximum Gasteiger partial charge on any atom is 0.255 e. The summed E-state index contributed by atoms with van der Waals surface area (Å²) in [4.78, 5) is 12.3. The standard InChI is InChI=1S/C17H26N2O4S/c1-4-18-17(20)15-12-14(10-11-16(15)23-3)24(21,22)19(2)13-8-6-5-7-9-13/h10-13H,4-9H2,1-3H3,(H,18,20). The lowest BCUT2D eigenvalue weighted by atomic mass is 9.96. The smallest absolute Gasteiger partial charge is 0.255 e. The number of nitrogens with one attached hydrogen (secondary N) is 1. The van der Waals surface area contributed by atoms with E-state index in [0.29, 0.717) is 12.3 Å². The van der Waals surface area contributed by atoms with Crippen molar-refractivity contribution in [2.24, 2.45) is 0 Å². The van der Waals surface area contributed by atoms with Gasteiger partial charge in [0.25, 0.3) is 5.91 Å². The molecular formula is C17H26N2O4S. The monoisotopic (exact) mass is 354 g/mol. The number of carbonyl (C=O) groups is 1. The first kappa shape index (κ1) is 18.7. The van der Waals surface area contributed by atoms with Crippen LogP contribution < -0.4 is 10.1 Å². The van der Waals surface area contributed by atoms with E-state index in [4.69, 9.17) is 4.74 Å². The van der Waals surface area contributed by atoms with Gasteiger partial charge in [-0.1, -0.05) is 19.3 Å². The number of amides is 1. The molecule has 7 heteroatoms. The molecule has 0 saturated heterocycles. The lowest BCUT2D eigenvalue weighted by Crippen LogP contribution is -2.38. The molecule has 1 fully saturated rings. The summed E-state index contributed by atoms with van der Waals surface area (Å²) in [5.74, 6) is 0.0203. The van der Waals surface area contributed by atoms with Crippen LogP contribution in [-0.2, 0) is 10.0 Å². The Bertz CT molecular complexity index is 682. The Morgan fingerprint density at radius 2 is 1.96 bits per heavy atom. The maximum atomic E-state index is 12.9. The molecule has 24 heavy (non-hydrogen) atoms. The number of nitrogens with zero attached hydrogens (tertiary/aromatic N) is 1. The quantitative estimate of drug-likeness (QED) is 0.851. The first-order valence-electron chi connectivity index (χ1n) is 8.36. The average molecular weight is 354 g/mol. The highest BCUT2D eigenvalue weighted by Gasteiger charge is 2.30. The van der Waals surface area contributed by atoms with E-state index in [1.807, 2.05) is 6.92 Å². The molecular weight excluding hydrogens is 328 g/mol. The van der Waals surface area contributed by atoms with Gasteiger partial charge in [0.2, 0.25) is 10.0 Å². The fourth-order valence-electron chi connectivity index (χ4n) is 3.09. The third-order valence-corrected chi connectivity index (χ3v) is 6.42. The molecule has 6 nitrogen and oxygen atoms in total. The Hall–Kier alpha value is -1.60. The summed E-state index contributed by atoms with van der Waals surface area (Å²) in [6, 6.07) is 4.46. The largest absolute Gasteiger partial charge is 0.496 e. The van der Waals surface area contributed by atoms with E-state index in [1.54, 1.807) is 7.05 Å². The number of ether oxygens (including phenoxy) is 1. The minimum atomic E-state index is -3.64. The Morgan fingerprint density at radius 3 is 2.54 bits per heavy atom. The molecule has 134 valence electrons. The molecule has 1 N–H and O–H groups in total. The van der Waals surface area contributed by atoms with Crippen molar-refractivity contribution in [1.29, 1.82) is 0 Å². The first-order chi connectivity index (χ1) is 11.4. The summed E-state index contributed by atoms with van der Waals surface area (Å²) < 4.78 is 32.5. The average Bonchev–Trinajstić information content (AvgIpc) is 2.61. The van der Waals surface area contributed by atoms with E-state index in [9.17, 15) is 13.2 Å². The number of benzene rings is 1. The third-order valence-electron chi connectivity index (χ3n) is 4.52. The number of hydrogen-bond donors (Lipinski definition) is 1. The van der Waals surface area contributed by atoms with Gasteiger partial charge < -0.3 is 10.1 Å². The van der Waals surface area contributed by atoms with Gasteiger partial charge in [0.1, 0.15) is 5.75 Å². The molecule has 1 aromatic carbocycles. The highest BCUT2D eigenvalue weighted by Crippen LogP contribution is 2.29. The van der Waals surface area contributed by atoms with Crippen LogP contribution in [0, 0.1) is 0 Å². The van der Waals surface area contributed by atoms with E-state index in [-0.39, 0.29) is 22.4 Å². The first-order valence-corrected chi connectivity index (χ1v) is 9.80. The van der Waals surface area contributed by atoms with Crippen LogP contribution in [0.5, 0.6) is 5.75 Å². The van der Waals surface area contributed by atoms with Crippen molar-refractivity contribution in [3.05, 3.63) is 23.8 Å². The third kappa shape index (κ3) is 3.89. The molecule has 0 unspecified atom stereocenters. The zero-order chi connectivity index (χ0) is 17.7. The molecule has 1 amide bonds. The van der Waals surface area contributed by atoms with Gasteiger partial charge in [-0.25, -0.2) is 8.42 Å². The van der Waals surface area contributed by atoms with Crippen molar-refractivity contribution in [1.82, 2.24) is 9.62 Å². The highest BCUT2D eigenvalue weighted by atomic mass is 32.2. The molecule has 0 bridgehead atoms. The summed E-state index contributed by atoms with van der Waals surface area (Å²) >= 11 is 0. The van der Waals surface area contributed by atoms with Gasteiger partial charge in [-0.05, 0) is 38.0 Å². The Morgan fingerprint density at radius 1 is 1.29 bits per heavy atom. The van der Waals surface area contributed by atoms with Crippen molar-refractivity contribution < 1.29 is 17.9 Å². The minimum absolute atomic E-state index is 0.0266. The summed E-state index contributed by atoms with van der Waals surface area (Å²) in [5.41, 5.74) is 0.234. The summed E-state index contributed by atoms with van der Waals surface area (Å²) in [7, 11) is -0.552. The number of carbonyl (C=O) groups excluding carboxylic acids is 1. The fourth-order valence-corrected chi connectivity index (χ4v) is 4.53. The van der Waals surface area contributed by atoms with Crippen LogP contribution in [0.3, 0.4) is 0 Å². The maximum absolute atomic E-state index is 12.9. The topological polar surface area (TPSA) is 75.7 Å². The second-order valence-corrected chi connectivity index (χ2v) is 8.03. The zero-order valence-corrected chi connectivity index (χ0v) is 15.4. The van der Waals surface area contributed by atoms with Crippen molar-refractivity contribution in [2.45, 2.75) is 50.0 Å². The molecule has 1 saturated carbocycles. The highest BCUT2D eigenvalue weighted by molar-refractivity contribution is 7.89. The number of hydrogen-bond acceptors (Lipinski definition) is 4. The molecule has 0 aliphatic heterocycles. The van der Waals surface area contributed by atoms with Crippen LogP contribution in [0.2, 0.25) is 0 Å². The SMILES string of the molecule is CCNC(=O)c1cc(S(=O)(=O)N(C)C2CCCCC2)ccc1OC. The van der Waals surface area contributed by atoms with Crippen molar-refractivity contribution in [2.75, 3.05) is 20.7 Å². The Kier molecular flexibility index (Phi) is 6.23. The number of methoxy groups -OCH3 is 1. The fraction of sp³-hybridized carbons (Fsp3) is 0.588. The molecule has 0 aromatic heterocycles. The minimum Gasteiger partial charge on any atom is -0.496 e. The molecule has 1 aromatic rings. The second-order valence-electron chi connectivity index (χ2n) is 6.03. The van der Waals surface area contributed by atoms with Crippen molar-refractivity contribution in [3.63, 3.8) is 0 Å². The summed E-state index contributed by atoms with van der Waals surface area (Å²) in [6.45, 7) is 2.27. The number of rotatable bonds is 6. The van der Waals surface area contributed by atoms with Crippen LogP contribution in [0.15, 0.2) is 23.1 Å². The Labute approximate surface area is 144 Å². The van der Waals surface area contributed by atoms with E-state index in [2.05, 4.69) is 5.32 Å². The van der Waals surface area contributed by atoms with Crippen LogP contribution in [0.4, 0.5) is 0 Å². The van der Waals surface area contributed by atoms with Gasteiger partial charge in [-0.15, -0.1) is 0 Å². The van der Waals surface area contributed by atoms with Crippen LogP contribution >= 0.6 is 0 Å². The van der Waals surface area contributed by atoms with Gasteiger partial charge >= 0.3 is 0 Å². The molecule has 1 aliphatic carbocycles. The van der Waals surface area contributed by atoms with E-state index < -0.39 is 10.0 Å². The summed E-state index contributed by atoms with van der Waals surface area (Å²) in [6.07, 6.45) is 5.03. The van der Waals surface area contributed by atoms with Crippen molar-refractivity contribution >= 4 is 15.9 Å². The molecule has 2 rings (SSSR count). The van der Waals surface area contributed by atoms with E-state index >= 15 is 0 Å². The van der Waals surface area contributed by atoms with Crippen LogP contribution in [0.25, 0.3) is 0 Å². The molecule has 0 spiro atoms. The van der Waals surface area contributed by atoms with E-state index in [1.165, 1.54) is 29.6 Å².